The minimum atomic E-state index is 0.0408. The van der Waals surface area contributed by atoms with Crippen LogP contribution >= 0.6 is 0 Å². The number of hydrogen-bond acceptors (Lipinski definition) is 3. The van der Waals surface area contributed by atoms with Crippen molar-refractivity contribution in [1.82, 2.24) is 9.80 Å². The Bertz CT molecular complexity index is 252. The molecule has 1 N–H and O–H groups in total. The van der Waals surface area contributed by atoms with Crippen molar-refractivity contribution >= 4 is 5.91 Å². The van der Waals surface area contributed by atoms with E-state index in [1.165, 1.54) is 19.3 Å². The standard InChI is InChI=1S/C14H28N2O2/c1-4-16(13-8-6-5-7-9-13)14(18)10-15(3)12(2)11-17/h12-13,17H,4-11H2,1-3H3. The van der Waals surface area contributed by atoms with Crippen molar-refractivity contribution in [3.05, 3.63) is 0 Å². The highest BCUT2D eigenvalue weighted by molar-refractivity contribution is 5.78. The van der Waals surface area contributed by atoms with Gasteiger partial charge >= 0.3 is 0 Å². The van der Waals surface area contributed by atoms with E-state index in [1.807, 2.05) is 23.8 Å². The molecule has 0 bridgehead atoms. The van der Waals surface area contributed by atoms with Crippen LogP contribution in [0.1, 0.15) is 46.0 Å². The maximum absolute atomic E-state index is 12.3. The molecule has 18 heavy (non-hydrogen) atoms. The quantitative estimate of drug-likeness (QED) is 0.783. The van der Waals surface area contributed by atoms with Gasteiger partial charge in [-0.25, -0.2) is 0 Å². The molecule has 106 valence electrons. The van der Waals surface area contributed by atoms with Gasteiger partial charge in [-0.2, -0.15) is 0 Å². The molecule has 0 aromatic carbocycles. The van der Waals surface area contributed by atoms with Gasteiger partial charge in [-0.05, 0) is 33.7 Å². The fourth-order valence-corrected chi connectivity index (χ4v) is 2.63. The first kappa shape index (κ1) is 15.4. The Morgan fingerprint density at radius 1 is 1.33 bits per heavy atom. The van der Waals surface area contributed by atoms with Crippen molar-refractivity contribution in [2.45, 2.75) is 58.0 Å². The fraction of sp³-hybridized carbons (Fsp3) is 0.929. The van der Waals surface area contributed by atoms with Crippen LogP contribution in [0, 0.1) is 0 Å². The van der Waals surface area contributed by atoms with Crippen LogP contribution in [-0.2, 0) is 4.79 Å². The van der Waals surface area contributed by atoms with E-state index in [2.05, 4.69) is 6.92 Å². The lowest BCUT2D eigenvalue weighted by molar-refractivity contribution is -0.135. The van der Waals surface area contributed by atoms with Gasteiger partial charge < -0.3 is 10.0 Å². The van der Waals surface area contributed by atoms with E-state index < -0.39 is 0 Å². The predicted octanol–water partition coefficient (Wildman–Crippen LogP) is 1.48. The number of carbonyl (C=O) groups excluding carboxylic acids is 1. The van der Waals surface area contributed by atoms with E-state index in [9.17, 15) is 4.79 Å². The summed E-state index contributed by atoms with van der Waals surface area (Å²) < 4.78 is 0. The number of aliphatic hydroxyl groups excluding tert-OH is 1. The van der Waals surface area contributed by atoms with E-state index in [0.29, 0.717) is 12.6 Å². The van der Waals surface area contributed by atoms with Gasteiger partial charge in [0.1, 0.15) is 0 Å². The molecule has 0 aliphatic heterocycles. The molecular weight excluding hydrogens is 228 g/mol. The highest BCUT2D eigenvalue weighted by Gasteiger charge is 2.25. The van der Waals surface area contributed by atoms with Crippen LogP contribution in [0.5, 0.6) is 0 Å². The highest BCUT2D eigenvalue weighted by atomic mass is 16.3. The average Bonchev–Trinajstić information content (AvgIpc) is 2.39. The Labute approximate surface area is 111 Å². The first-order valence-electron chi connectivity index (χ1n) is 7.20. The molecule has 1 fully saturated rings. The fourth-order valence-electron chi connectivity index (χ4n) is 2.63. The van der Waals surface area contributed by atoms with E-state index in [0.717, 1.165) is 19.4 Å². The molecule has 0 aromatic rings. The third kappa shape index (κ3) is 4.25. The third-order valence-corrected chi connectivity index (χ3v) is 4.08. The summed E-state index contributed by atoms with van der Waals surface area (Å²) in [5.74, 6) is 0.201. The third-order valence-electron chi connectivity index (χ3n) is 4.08. The lowest BCUT2D eigenvalue weighted by atomic mass is 9.94. The normalized spacial score (nSPS) is 18.9. The Morgan fingerprint density at radius 3 is 2.44 bits per heavy atom. The summed E-state index contributed by atoms with van der Waals surface area (Å²) in [7, 11) is 1.90. The smallest absolute Gasteiger partial charge is 0.236 e. The molecule has 1 atom stereocenters. The molecule has 1 amide bonds. The van der Waals surface area contributed by atoms with Gasteiger partial charge in [0.25, 0.3) is 0 Å². The van der Waals surface area contributed by atoms with Gasteiger partial charge in [0, 0.05) is 18.6 Å². The second-order valence-corrected chi connectivity index (χ2v) is 5.42. The number of nitrogens with zero attached hydrogens (tertiary/aromatic N) is 2. The molecular formula is C14H28N2O2. The van der Waals surface area contributed by atoms with Crippen LogP contribution in [0.2, 0.25) is 0 Å². The van der Waals surface area contributed by atoms with Crippen molar-refractivity contribution in [3.8, 4) is 0 Å². The lowest BCUT2D eigenvalue weighted by Crippen LogP contribution is -2.47. The summed E-state index contributed by atoms with van der Waals surface area (Å²) in [4.78, 5) is 16.3. The van der Waals surface area contributed by atoms with Crippen LogP contribution in [0.4, 0.5) is 0 Å². The second-order valence-electron chi connectivity index (χ2n) is 5.42. The number of carbonyl (C=O) groups is 1. The van der Waals surface area contributed by atoms with E-state index in [-0.39, 0.29) is 18.6 Å². The monoisotopic (exact) mass is 256 g/mol. The SMILES string of the molecule is CCN(C(=O)CN(C)C(C)CO)C1CCCCC1. The van der Waals surface area contributed by atoms with E-state index >= 15 is 0 Å². The number of amides is 1. The number of hydrogen-bond donors (Lipinski definition) is 1. The molecule has 4 nitrogen and oxygen atoms in total. The molecule has 1 aliphatic rings. The first-order valence-corrected chi connectivity index (χ1v) is 7.20. The summed E-state index contributed by atoms with van der Waals surface area (Å²) >= 11 is 0. The number of likely N-dealkylation sites (N-methyl/N-ethyl adjacent to an activating group) is 2. The topological polar surface area (TPSA) is 43.8 Å². The van der Waals surface area contributed by atoms with Crippen molar-refractivity contribution in [1.29, 1.82) is 0 Å². The summed E-state index contributed by atoms with van der Waals surface area (Å²) in [5.41, 5.74) is 0. The molecule has 1 aliphatic carbocycles. The van der Waals surface area contributed by atoms with Gasteiger partial charge in [0.05, 0.1) is 13.2 Å². The van der Waals surface area contributed by atoms with Crippen molar-refractivity contribution in [2.75, 3.05) is 26.7 Å². The minimum Gasteiger partial charge on any atom is -0.395 e. The molecule has 1 rings (SSSR count). The molecule has 0 saturated heterocycles. The second kappa shape index (κ2) is 7.74. The van der Waals surface area contributed by atoms with Gasteiger partial charge in [-0.15, -0.1) is 0 Å². The molecule has 0 aromatic heterocycles. The Kier molecular flexibility index (Phi) is 6.65. The van der Waals surface area contributed by atoms with E-state index in [1.54, 1.807) is 0 Å². The van der Waals surface area contributed by atoms with Gasteiger partial charge in [0.2, 0.25) is 5.91 Å². The average molecular weight is 256 g/mol. The molecule has 0 radical (unpaired) electrons. The molecule has 1 unspecified atom stereocenters. The molecule has 1 saturated carbocycles. The van der Waals surface area contributed by atoms with Gasteiger partial charge in [-0.1, -0.05) is 19.3 Å². The summed E-state index contributed by atoms with van der Waals surface area (Å²) in [6.07, 6.45) is 6.11. The minimum absolute atomic E-state index is 0.0408. The summed E-state index contributed by atoms with van der Waals surface area (Å²) in [6, 6.07) is 0.480. The van der Waals surface area contributed by atoms with Crippen LogP contribution in [0.3, 0.4) is 0 Å². The zero-order valence-corrected chi connectivity index (χ0v) is 12.1. The van der Waals surface area contributed by atoms with Crippen LogP contribution < -0.4 is 0 Å². The van der Waals surface area contributed by atoms with Crippen molar-refractivity contribution in [3.63, 3.8) is 0 Å². The number of aliphatic hydroxyl groups is 1. The van der Waals surface area contributed by atoms with Crippen LogP contribution in [0.15, 0.2) is 0 Å². The van der Waals surface area contributed by atoms with Gasteiger partial charge in [-0.3, -0.25) is 9.69 Å². The number of rotatable bonds is 6. The molecule has 4 heteroatoms. The zero-order valence-electron chi connectivity index (χ0n) is 12.1. The highest BCUT2D eigenvalue weighted by Crippen LogP contribution is 2.22. The van der Waals surface area contributed by atoms with Gasteiger partial charge in [0.15, 0.2) is 0 Å². The molecule has 0 heterocycles. The Morgan fingerprint density at radius 2 is 1.94 bits per heavy atom. The maximum atomic E-state index is 12.3. The lowest BCUT2D eigenvalue weighted by Gasteiger charge is -2.35. The Hall–Kier alpha value is -0.610. The van der Waals surface area contributed by atoms with Crippen LogP contribution in [-0.4, -0.2) is 59.6 Å². The zero-order chi connectivity index (χ0) is 13.5. The van der Waals surface area contributed by atoms with Crippen molar-refractivity contribution in [2.24, 2.45) is 0 Å². The Balaban J connectivity index is 2.50. The summed E-state index contributed by atoms with van der Waals surface area (Å²) in [6.45, 7) is 5.29. The largest absolute Gasteiger partial charge is 0.395 e. The molecule has 0 spiro atoms. The maximum Gasteiger partial charge on any atom is 0.236 e. The predicted molar refractivity (Wildman–Crippen MR) is 73.4 cm³/mol. The van der Waals surface area contributed by atoms with Crippen molar-refractivity contribution < 1.29 is 9.90 Å². The van der Waals surface area contributed by atoms with Crippen LogP contribution in [0.25, 0.3) is 0 Å². The summed E-state index contributed by atoms with van der Waals surface area (Å²) in [5, 5.41) is 9.10. The van der Waals surface area contributed by atoms with E-state index in [4.69, 9.17) is 5.11 Å². The first-order chi connectivity index (χ1) is 8.60.